The number of aromatic nitrogens is 2. The first-order chi connectivity index (χ1) is 8.22. The number of rotatable bonds is 5. The standard InChI is InChI=1S/C12H17N3O2/c1-4-13-7-8(2)12-14-11(15-17-12)10-5-6-16-9(10)3/h5-6,8,13H,4,7H2,1-3H3. The maximum Gasteiger partial charge on any atom is 0.231 e. The number of hydrogen-bond donors (Lipinski definition) is 1. The monoisotopic (exact) mass is 235 g/mol. The average molecular weight is 235 g/mol. The van der Waals surface area contributed by atoms with Gasteiger partial charge in [-0.05, 0) is 19.5 Å². The van der Waals surface area contributed by atoms with Crippen molar-refractivity contribution in [2.45, 2.75) is 26.7 Å². The van der Waals surface area contributed by atoms with Crippen molar-refractivity contribution in [2.75, 3.05) is 13.1 Å². The Morgan fingerprint density at radius 2 is 2.29 bits per heavy atom. The van der Waals surface area contributed by atoms with E-state index in [1.807, 2.05) is 13.0 Å². The highest BCUT2D eigenvalue weighted by Crippen LogP contribution is 2.23. The first-order valence-electron chi connectivity index (χ1n) is 5.81. The van der Waals surface area contributed by atoms with Gasteiger partial charge in [0.25, 0.3) is 0 Å². The summed E-state index contributed by atoms with van der Waals surface area (Å²) >= 11 is 0. The number of furan rings is 1. The molecule has 2 aromatic rings. The molecule has 5 nitrogen and oxygen atoms in total. The molecule has 0 aliphatic rings. The number of likely N-dealkylation sites (N-methyl/N-ethyl adjacent to an activating group) is 1. The number of nitrogens with one attached hydrogen (secondary N) is 1. The minimum absolute atomic E-state index is 0.211. The minimum Gasteiger partial charge on any atom is -0.469 e. The molecule has 0 saturated carbocycles. The molecule has 0 aromatic carbocycles. The Morgan fingerprint density at radius 1 is 1.47 bits per heavy atom. The molecule has 2 aromatic heterocycles. The first-order valence-corrected chi connectivity index (χ1v) is 5.81. The predicted octanol–water partition coefficient (Wildman–Crippen LogP) is 2.35. The van der Waals surface area contributed by atoms with Gasteiger partial charge in [-0.2, -0.15) is 4.98 Å². The number of nitrogens with zero attached hydrogens (tertiary/aromatic N) is 2. The van der Waals surface area contributed by atoms with E-state index in [0.717, 1.165) is 24.4 Å². The quantitative estimate of drug-likeness (QED) is 0.861. The van der Waals surface area contributed by atoms with E-state index in [0.29, 0.717) is 11.7 Å². The molecule has 2 heterocycles. The van der Waals surface area contributed by atoms with Crippen LogP contribution in [-0.4, -0.2) is 23.2 Å². The van der Waals surface area contributed by atoms with Gasteiger partial charge in [0, 0.05) is 12.5 Å². The van der Waals surface area contributed by atoms with E-state index in [2.05, 4.69) is 29.3 Å². The molecule has 1 atom stereocenters. The van der Waals surface area contributed by atoms with E-state index in [1.165, 1.54) is 0 Å². The van der Waals surface area contributed by atoms with Crippen LogP contribution >= 0.6 is 0 Å². The van der Waals surface area contributed by atoms with Crippen molar-refractivity contribution in [1.29, 1.82) is 0 Å². The van der Waals surface area contributed by atoms with Crippen LogP contribution in [0.5, 0.6) is 0 Å². The molecular formula is C12H17N3O2. The Labute approximate surface area is 100 Å². The molecule has 0 aliphatic carbocycles. The van der Waals surface area contributed by atoms with Crippen LogP contribution in [-0.2, 0) is 0 Å². The van der Waals surface area contributed by atoms with Gasteiger partial charge >= 0.3 is 0 Å². The average Bonchev–Trinajstić information content (AvgIpc) is 2.93. The van der Waals surface area contributed by atoms with Gasteiger partial charge < -0.3 is 14.3 Å². The van der Waals surface area contributed by atoms with E-state index in [9.17, 15) is 0 Å². The molecule has 1 N–H and O–H groups in total. The summed E-state index contributed by atoms with van der Waals surface area (Å²) in [6, 6.07) is 1.85. The summed E-state index contributed by atoms with van der Waals surface area (Å²) in [7, 11) is 0. The van der Waals surface area contributed by atoms with Crippen LogP contribution in [0.25, 0.3) is 11.4 Å². The SMILES string of the molecule is CCNCC(C)c1nc(-c2ccoc2C)no1. The van der Waals surface area contributed by atoms with Crippen LogP contribution in [0.3, 0.4) is 0 Å². The Bertz CT molecular complexity index is 476. The third kappa shape index (κ3) is 2.55. The lowest BCUT2D eigenvalue weighted by molar-refractivity contribution is 0.355. The molecule has 17 heavy (non-hydrogen) atoms. The second-order valence-electron chi connectivity index (χ2n) is 4.06. The lowest BCUT2D eigenvalue weighted by Gasteiger charge is -2.05. The first kappa shape index (κ1) is 11.9. The minimum atomic E-state index is 0.211. The molecular weight excluding hydrogens is 218 g/mol. The highest BCUT2D eigenvalue weighted by atomic mass is 16.5. The third-order valence-corrected chi connectivity index (χ3v) is 2.66. The Morgan fingerprint density at radius 3 is 2.94 bits per heavy atom. The van der Waals surface area contributed by atoms with E-state index < -0.39 is 0 Å². The van der Waals surface area contributed by atoms with Crippen LogP contribution in [0.2, 0.25) is 0 Å². The molecule has 1 unspecified atom stereocenters. The fourth-order valence-corrected chi connectivity index (χ4v) is 1.61. The third-order valence-electron chi connectivity index (χ3n) is 2.66. The van der Waals surface area contributed by atoms with Crippen molar-refractivity contribution in [3.63, 3.8) is 0 Å². The van der Waals surface area contributed by atoms with Gasteiger partial charge in [0.05, 0.1) is 11.8 Å². The maximum absolute atomic E-state index is 5.26. The van der Waals surface area contributed by atoms with Crippen LogP contribution in [0.4, 0.5) is 0 Å². The maximum atomic E-state index is 5.26. The zero-order chi connectivity index (χ0) is 12.3. The van der Waals surface area contributed by atoms with Crippen molar-refractivity contribution in [3.8, 4) is 11.4 Å². The highest BCUT2D eigenvalue weighted by molar-refractivity contribution is 5.56. The second-order valence-corrected chi connectivity index (χ2v) is 4.06. The molecule has 5 heteroatoms. The fraction of sp³-hybridized carbons (Fsp3) is 0.500. The van der Waals surface area contributed by atoms with Crippen LogP contribution in [0.1, 0.15) is 31.4 Å². The van der Waals surface area contributed by atoms with Crippen molar-refractivity contribution < 1.29 is 8.94 Å². The second kappa shape index (κ2) is 5.14. The van der Waals surface area contributed by atoms with Gasteiger partial charge in [-0.1, -0.05) is 19.0 Å². The van der Waals surface area contributed by atoms with Crippen molar-refractivity contribution >= 4 is 0 Å². The summed E-state index contributed by atoms with van der Waals surface area (Å²) in [4.78, 5) is 4.39. The smallest absolute Gasteiger partial charge is 0.231 e. The topological polar surface area (TPSA) is 64.1 Å². The van der Waals surface area contributed by atoms with Gasteiger partial charge in [-0.15, -0.1) is 0 Å². The van der Waals surface area contributed by atoms with Gasteiger partial charge in [-0.3, -0.25) is 0 Å². The molecule has 92 valence electrons. The Hall–Kier alpha value is -1.62. The van der Waals surface area contributed by atoms with Crippen molar-refractivity contribution in [2.24, 2.45) is 0 Å². The van der Waals surface area contributed by atoms with Crippen LogP contribution < -0.4 is 5.32 Å². The summed E-state index contributed by atoms with van der Waals surface area (Å²) in [6.45, 7) is 7.78. The summed E-state index contributed by atoms with van der Waals surface area (Å²) in [6.07, 6.45) is 1.63. The number of aryl methyl sites for hydroxylation is 1. The summed E-state index contributed by atoms with van der Waals surface area (Å²) in [5.41, 5.74) is 0.885. The van der Waals surface area contributed by atoms with Gasteiger partial charge in [0.2, 0.25) is 11.7 Å². The molecule has 0 saturated heterocycles. The van der Waals surface area contributed by atoms with Crippen molar-refractivity contribution in [1.82, 2.24) is 15.5 Å². The normalized spacial score (nSPS) is 12.9. The lowest BCUT2D eigenvalue weighted by atomic mass is 10.2. The summed E-state index contributed by atoms with van der Waals surface area (Å²) in [5.74, 6) is 2.26. The summed E-state index contributed by atoms with van der Waals surface area (Å²) < 4.78 is 10.5. The highest BCUT2D eigenvalue weighted by Gasteiger charge is 2.16. The lowest BCUT2D eigenvalue weighted by Crippen LogP contribution is -2.19. The molecule has 2 rings (SSSR count). The fourth-order valence-electron chi connectivity index (χ4n) is 1.61. The van der Waals surface area contributed by atoms with Crippen LogP contribution in [0.15, 0.2) is 21.3 Å². The molecule has 0 radical (unpaired) electrons. The molecule has 0 aliphatic heterocycles. The van der Waals surface area contributed by atoms with Crippen LogP contribution in [0, 0.1) is 6.92 Å². The van der Waals surface area contributed by atoms with E-state index >= 15 is 0 Å². The van der Waals surface area contributed by atoms with E-state index in [4.69, 9.17) is 8.94 Å². The Kier molecular flexibility index (Phi) is 3.58. The summed E-state index contributed by atoms with van der Waals surface area (Å²) in [5, 5.41) is 7.23. The largest absolute Gasteiger partial charge is 0.469 e. The van der Waals surface area contributed by atoms with E-state index in [1.54, 1.807) is 6.26 Å². The van der Waals surface area contributed by atoms with Gasteiger partial charge in [0.15, 0.2) is 0 Å². The molecule has 0 bridgehead atoms. The van der Waals surface area contributed by atoms with E-state index in [-0.39, 0.29) is 5.92 Å². The number of hydrogen-bond acceptors (Lipinski definition) is 5. The molecule has 0 spiro atoms. The Balaban J connectivity index is 2.13. The molecule has 0 fully saturated rings. The molecule has 0 amide bonds. The van der Waals surface area contributed by atoms with Crippen molar-refractivity contribution in [3.05, 3.63) is 24.0 Å². The predicted molar refractivity (Wildman–Crippen MR) is 63.7 cm³/mol. The van der Waals surface area contributed by atoms with Gasteiger partial charge in [-0.25, -0.2) is 0 Å². The van der Waals surface area contributed by atoms with Gasteiger partial charge in [0.1, 0.15) is 5.76 Å². The zero-order valence-electron chi connectivity index (χ0n) is 10.4. The zero-order valence-corrected chi connectivity index (χ0v) is 10.4.